The molecule has 7 nitrogen and oxygen atoms in total. The van der Waals surface area contributed by atoms with Crippen molar-refractivity contribution in [3.05, 3.63) is 11.2 Å². The van der Waals surface area contributed by atoms with Crippen LogP contribution in [0.4, 0.5) is 0 Å². The average Bonchev–Trinajstić information content (AvgIpc) is 2.91. The van der Waals surface area contributed by atoms with Crippen LogP contribution in [0.3, 0.4) is 0 Å². The van der Waals surface area contributed by atoms with Crippen molar-refractivity contribution in [2.24, 2.45) is 9.17 Å². The van der Waals surface area contributed by atoms with Crippen molar-refractivity contribution in [1.82, 2.24) is 4.98 Å². The second-order valence-electron chi connectivity index (χ2n) is 8.46. The van der Waals surface area contributed by atoms with E-state index in [1.54, 1.807) is 13.8 Å². The predicted octanol–water partition coefficient (Wildman–Crippen LogP) is 2.82. The summed E-state index contributed by atoms with van der Waals surface area (Å²) >= 11 is 1.10. The second kappa shape index (κ2) is 6.36. The molecule has 1 saturated heterocycles. The van der Waals surface area contributed by atoms with Gasteiger partial charge >= 0.3 is 0 Å². The maximum atomic E-state index is 13.0. The molecular weight excluding hydrogens is 378 g/mol. The highest BCUT2D eigenvalue weighted by atomic mass is 32.2. The van der Waals surface area contributed by atoms with Crippen LogP contribution in [-0.2, 0) is 25.0 Å². The minimum absolute atomic E-state index is 0.0537. The first-order valence-electron chi connectivity index (χ1n) is 8.11. The molecule has 0 amide bonds. The van der Waals surface area contributed by atoms with Gasteiger partial charge in [0.15, 0.2) is 19.6 Å². The van der Waals surface area contributed by atoms with E-state index >= 15 is 0 Å². The van der Waals surface area contributed by atoms with Crippen LogP contribution in [0.2, 0.25) is 18.1 Å². The van der Waals surface area contributed by atoms with Crippen LogP contribution in [0, 0.1) is 0 Å². The van der Waals surface area contributed by atoms with Crippen molar-refractivity contribution in [2.45, 2.75) is 68.3 Å². The quantitative estimate of drug-likeness (QED) is 0.749. The molecule has 1 unspecified atom stereocenters. The molecule has 0 bridgehead atoms. The summed E-state index contributed by atoms with van der Waals surface area (Å²) in [5.74, 6) is -0.745. The minimum Gasteiger partial charge on any atom is -0.378 e. The molecule has 1 atom stereocenters. The zero-order valence-electron chi connectivity index (χ0n) is 16.0. The molecule has 144 valence electrons. The Hall–Kier alpha value is -0.363. The third-order valence-corrected chi connectivity index (χ3v) is 13.9. The molecule has 1 aromatic heterocycles. The van der Waals surface area contributed by atoms with E-state index in [0.717, 1.165) is 11.3 Å². The Morgan fingerprint density at radius 3 is 2.36 bits per heavy atom. The lowest BCUT2D eigenvalue weighted by Crippen LogP contribution is -2.49. The molecule has 0 radical (unpaired) electrons. The summed E-state index contributed by atoms with van der Waals surface area (Å²) in [5.41, 5.74) is -1.37. The van der Waals surface area contributed by atoms with Gasteiger partial charge in [-0.25, -0.2) is 14.3 Å². The van der Waals surface area contributed by atoms with E-state index in [1.807, 2.05) is 13.1 Å². The van der Waals surface area contributed by atoms with Gasteiger partial charge < -0.3 is 14.6 Å². The highest BCUT2D eigenvalue weighted by Crippen LogP contribution is 2.39. The fourth-order valence-electron chi connectivity index (χ4n) is 1.92. The summed E-state index contributed by atoms with van der Waals surface area (Å²) in [4.78, 5) is 4.22. The van der Waals surface area contributed by atoms with Gasteiger partial charge in [-0.15, -0.1) is 11.3 Å². The Labute approximate surface area is 155 Å². The summed E-state index contributed by atoms with van der Waals surface area (Å²) in [6.07, 6.45) is 1.44. The number of rotatable bonds is 3. The van der Waals surface area contributed by atoms with Gasteiger partial charge in [-0.3, -0.25) is 4.03 Å². The molecule has 3 N–H and O–H groups in total. The summed E-state index contributed by atoms with van der Waals surface area (Å²) < 4.78 is 29.0. The van der Waals surface area contributed by atoms with Crippen LogP contribution in [0.5, 0.6) is 0 Å². The van der Waals surface area contributed by atoms with Crippen molar-refractivity contribution in [2.75, 3.05) is 13.2 Å². The van der Waals surface area contributed by atoms with E-state index in [-0.39, 0.29) is 18.3 Å². The zero-order chi connectivity index (χ0) is 19.3. The maximum Gasteiger partial charge on any atom is 0.195 e. The Bertz CT molecular complexity index is 751. The topological polar surface area (TPSA) is 107 Å². The van der Waals surface area contributed by atoms with Crippen LogP contribution < -0.4 is 5.14 Å². The smallest absolute Gasteiger partial charge is 0.195 e. The average molecular weight is 408 g/mol. The lowest BCUT2D eigenvalue weighted by molar-refractivity contribution is -0.304. The number of aromatic nitrogens is 1. The number of hydrogen-bond donors (Lipinski definition) is 2. The molecule has 0 saturated carbocycles. The highest BCUT2D eigenvalue weighted by Gasteiger charge is 2.43. The van der Waals surface area contributed by atoms with E-state index in [2.05, 4.69) is 29.8 Å². The first-order valence-corrected chi connectivity index (χ1v) is 13.4. The molecule has 1 aliphatic rings. The molecule has 0 aliphatic carbocycles. The monoisotopic (exact) mass is 407 g/mol. The number of nitrogens with two attached hydrogens (primary N) is 1. The first kappa shape index (κ1) is 20.9. The Balaban J connectivity index is 2.34. The molecule has 25 heavy (non-hydrogen) atoms. The lowest BCUT2D eigenvalue weighted by atomic mass is 10.1. The largest absolute Gasteiger partial charge is 0.378 e. The number of thiazole rings is 1. The van der Waals surface area contributed by atoms with Crippen LogP contribution in [0.15, 0.2) is 14.4 Å². The molecular formula is C15H29N3O4S2Si. The molecule has 10 heteroatoms. The van der Waals surface area contributed by atoms with Gasteiger partial charge in [-0.1, -0.05) is 20.8 Å². The highest BCUT2D eigenvalue weighted by molar-refractivity contribution is 7.94. The van der Waals surface area contributed by atoms with Gasteiger partial charge in [0, 0.05) is 0 Å². The van der Waals surface area contributed by atoms with Crippen molar-refractivity contribution in [3.63, 3.8) is 0 Å². The predicted molar refractivity (Wildman–Crippen MR) is 102 cm³/mol. The number of hydrogen-bond acceptors (Lipinski definition) is 7. The summed E-state index contributed by atoms with van der Waals surface area (Å²) in [5, 5.41) is 17.1. The van der Waals surface area contributed by atoms with Gasteiger partial charge in [0.25, 0.3) is 0 Å². The lowest BCUT2D eigenvalue weighted by Gasteiger charge is -2.39. The van der Waals surface area contributed by atoms with Gasteiger partial charge in [-0.05, 0) is 32.0 Å². The molecule has 2 heterocycles. The zero-order valence-corrected chi connectivity index (χ0v) is 18.6. The molecule has 1 fully saturated rings. The molecule has 0 spiro atoms. The summed E-state index contributed by atoms with van der Waals surface area (Å²) in [6, 6.07) is 0. The Kier molecular flexibility index (Phi) is 5.33. The molecule has 1 aliphatic heterocycles. The molecule has 0 aromatic carbocycles. The van der Waals surface area contributed by atoms with E-state index in [1.165, 1.54) is 6.20 Å². The van der Waals surface area contributed by atoms with Crippen LogP contribution in [0.25, 0.3) is 0 Å². The third-order valence-electron chi connectivity index (χ3n) is 4.69. The van der Waals surface area contributed by atoms with E-state index in [4.69, 9.17) is 14.6 Å². The summed E-state index contributed by atoms with van der Waals surface area (Å²) in [7, 11) is -5.27. The standard InChI is InChI=1S/C15H29N3O4S2Si/c1-13(2,3)25(6,7)18-24(16,20)11-8-17-12(23-11)15(19)9-21-14(4,5)22-10-15/h8,19H,9-10H2,1-7H3,(H2,16,18,20). The van der Waals surface area contributed by atoms with Gasteiger partial charge in [-0.2, -0.15) is 0 Å². The van der Waals surface area contributed by atoms with Gasteiger partial charge in [0.2, 0.25) is 0 Å². The van der Waals surface area contributed by atoms with Crippen molar-refractivity contribution >= 4 is 29.5 Å². The van der Waals surface area contributed by atoms with Crippen molar-refractivity contribution < 1.29 is 18.8 Å². The van der Waals surface area contributed by atoms with Crippen molar-refractivity contribution in [3.8, 4) is 0 Å². The molecule has 2 rings (SSSR count). The summed E-state index contributed by atoms with van der Waals surface area (Å²) in [6.45, 7) is 14.0. The van der Waals surface area contributed by atoms with Crippen LogP contribution in [-0.4, -0.2) is 41.5 Å². The van der Waals surface area contributed by atoms with Gasteiger partial charge in [0.1, 0.15) is 19.1 Å². The fourth-order valence-corrected chi connectivity index (χ4v) is 8.05. The third kappa shape index (κ3) is 4.49. The van der Waals surface area contributed by atoms with Crippen LogP contribution >= 0.6 is 11.3 Å². The second-order valence-corrected chi connectivity index (χ2v) is 16.7. The minimum atomic E-state index is -3.07. The van der Waals surface area contributed by atoms with Crippen molar-refractivity contribution in [1.29, 1.82) is 0 Å². The number of ether oxygens (including phenoxy) is 2. The SMILES string of the molecule is CC1(C)OCC(O)(c2ncc(S(N)(=O)=N[Si](C)(C)C(C)(C)C)s2)CO1. The fraction of sp³-hybridized carbons (Fsp3) is 0.800. The first-order chi connectivity index (χ1) is 11.1. The van der Waals surface area contributed by atoms with Crippen LogP contribution in [0.1, 0.15) is 39.6 Å². The van der Waals surface area contributed by atoms with E-state index in [9.17, 15) is 9.32 Å². The Morgan fingerprint density at radius 2 is 1.88 bits per heavy atom. The van der Waals surface area contributed by atoms with Gasteiger partial charge in [0.05, 0.1) is 19.4 Å². The number of aliphatic hydroxyl groups is 1. The number of nitrogens with zero attached hydrogens (tertiary/aromatic N) is 2. The van der Waals surface area contributed by atoms with E-state index < -0.39 is 29.5 Å². The van der Waals surface area contributed by atoms with E-state index in [0.29, 0.717) is 9.22 Å². The molecule has 1 aromatic rings. The maximum absolute atomic E-state index is 13.0. The normalized spacial score (nSPS) is 23.1. The Morgan fingerprint density at radius 1 is 1.36 bits per heavy atom.